The molecule has 0 aromatic rings. The molecular formula is C12H22N2O3. The highest BCUT2D eigenvalue weighted by molar-refractivity contribution is 5.75. The number of carbonyl (C=O) groups excluding carboxylic acids is 1. The summed E-state index contributed by atoms with van der Waals surface area (Å²) in [6.45, 7) is 4.17. The van der Waals surface area contributed by atoms with E-state index < -0.39 is 11.4 Å². The molecule has 1 aliphatic rings. The van der Waals surface area contributed by atoms with E-state index in [1.165, 1.54) is 0 Å². The van der Waals surface area contributed by atoms with Crippen LogP contribution in [0.4, 0.5) is 0 Å². The zero-order valence-electron chi connectivity index (χ0n) is 10.4. The van der Waals surface area contributed by atoms with Crippen molar-refractivity contribution >= 4 is 11.9 Å². The van der Waals surface area contributed by atoms with E-state index in [0.29, 0.717) is 25.8 Å². The van der Waals surface area contributed by atoms with Crippen molar-refractivity contribution in [2.45, 2.75) is 39.0 Å². The fraction of sp³-hybridized carbons (Fsp3) is 0.833. The molecule has 0 unspecified atom stereocenters. The van der Waals surface area contributed by atoms with E-state index in [-0.39, 0.29) is 5.91 Å². The van der Waals surface area contributed by atoms with E-state index in [9.17, 15) is 14.7 Å². The van der Waals surface area contributed by atoms with Gasteiger partial charge in [0.2, 0.25) is 5.91 Å². The van der Waals surface area contributed by atoms with Gasteiger partial charge in [0.1, 0.15) is 0 Å². The highest BCUT2D eigenvalue weighted by Crippen LogP contribution is 2.36. The summed E-state index contributed by atoms with van der Waals surface area (Å²) >= 11 is 0. The maximum atomic E-state index is 11.3. The Balaban J connectivity index is 2.47. The molecule has 0 aromatic heterocycles. The number of carbonyl (C=O) groups is 2. The number of primary amides is 1. The van der Waals surface area contributed by atoms with Gasteiger partial charge in [0.25, 0.3) is 0 Å². The molecular weight excluding hydrogens is 220 g/mol. The molecule has 1 fully saturated rings. The van der Waals surface area contributed by atoms with Crippen LogP contribution in [0.3, 0.4) is 0 Å². The van der Waals surface area contributed by atoms with Crippen LogP contribution in [-0.4, -0.2) is 41.5 Å². The Morgan fingerprint density at radius 3 is 2.35 bits per heavy atom. The highest BCUT2D eigenvalue weighted by Gasteiger charge is 2.40. The number of nitrogens with zero attached hydrogens (tertiary/aromatic N) is 1. The third kappa shape index (κ3) is 3.70. The van der Waals surface area contributed by atoms with Crippen molar-refractivity contribution in [1.82, 2.24) is 4.90 Å². The van der Waals surface area contributed by atoms with Gasteiger partial charge in [0, 0.05) is 13.0 Å². The summed E-state index contributed by atoms with van der Waals surface area (Å²) in [6, 6.07) is 0. The first kappa shape index (κ1) is 14.0. The Hall–Kier alpha value is -1.10. The molecule has 0 saturated carbocycles. The molecule has 98 valence electrons. The largest absolute Gasteiger partial charge is 0.481 e. The van der Waals surface area contributed by atoms with Gasteiger partial charge in [-0.2, -0.15) is 0 Å². The van der Waals surface area contributed by atoms with Crippen molar-refractivity contribution in [3.05, 3.63) is 0 Å². The van der Waals surface area contributed by atoms with Crippen molar-refractivity contribution in [3.8, 4) is 0 Å². The topological polar surface area (TPSA) is 83.6 Å². The van der Waals surface area contributed by atoms with Gasteiger partial charge in [0.05, 0.1) is 5.41 Å². The highest BCUT2D eigenvalue weighted by atomic mass is 16.4. The van der Waals surface area contributed by atoms with Crippen LogP contribution in [0.15, 0.2) is 0 Å². The Kier molecular flexibility index (Phi) is 4.93. The number of aliphatic carboxylic acids is 1. The van der Waals surface area contributed by atoms with Crippen LogP contribution in [0.5, 0.6) is 0 Å². The second kappa shape index (κ2) is 6.00. The lowest BCUT2D eigenvalue weighted by Crippen LogP contribution is -2.45. The minimum absolute atomic E-state index is 0.298. The van der Waals surface area contributed by atoms with Crippen LogP contribution in [-0.2, 0) is 9.59 Å². The standard InChI is InChI=1S/C12H22N2O3/c1-2-4-12(11(16)17)5-8-14(9-6-12)7-3-10(13)15/h2-9H2,1H3,(H2,13,15)(H,16,17). The number of likely N-dealkylation sites (tertiary alicyclic amines) is 1. The maximum absolute atomic E-state index is 11.3. The smallest absolute Gasteiger partial charge is 0.309 e. The molecule has 1 amide bonds. The summed E-state index contributed by atoms with van der Waals surface area (Å²) in [6.07, 6.45) is 3.34. The van der Waals surface area contributed by atoms with Crippen LogP contribution >= 0.6 is 0 Å². The molecule has 1 aliphatic heterocycles. The number of carboxylic acid groups (broad SMARTS) is 1. The minimum atomic E-state index is -0.672. The van der Waals surface area contributed by atoms with Gasteiger partial charge in [-0.05, 0) is 32.4 Å². The number of amides is 1. The SMILES string of the molecule is CCCC1(C(=O)O)CCN(CCC(N)=O)CC1. The second-order valence-electron chi connectivity index (χ2n) is 4.89. The first-order valence-electron chi connectivity index (χ1n) is 6.24. The normalized spacial score (nSPS) is 20.1. The maximum Gasteiger partial charge on any atom is 0.309 e. The van der Waals surface area contributed by atoms with Gasteiger partial charge >= 0.3 is 5.97 Å². The van der Waals surface area contributed by atoms with Crippen LogP contribution in [0.25, 0.3) is 0 Å². The van der Waals surface area contributed by atoms with Gasteiger partial charge in [-0.25, -0.2) is 0 Å². The molecule has 0 atom stereocenters. The van der Waals surface area contributed by atoms with Gasteiger partial charge in [-0.1, -0.05) is 13.3 Å². The first-order valence-corrected chi connectivity index (χ1v) is 6.24. The summed E-state index contributed by atoms with van der Waals surface area (Å²) < 4.78 is 0. The van der Waals surface area contributed by atoms with Crippen LogP contribution in [0, 0.1) is 5.41 Å². The molecule has 3 N–H and O–H groups in total. The lowest BCUT2D eigenvalue weighted by molar-refractivity contribution is -0.152. The number of nitrogens with two attached hydrogens (primary N) is 1. The zero-order valence-corrected chi connectivity index (χ0v) is 10.4. The molecule has 0 radical (unpaired) electrons. The van der Waals surface area contributed by atoms with E-state index in [2.05, 4.69) is 4.90 Å². The lowest BCUT2D eigenvalue weighted by Gasteiger charge is -2.38. The van der Waals surface area contributed by atoms with Gasteiger partial charge in [-0.15, -0.1) is 0 Å². The fourth-order valence-corrected chi connectivity index (χ4v) is 2.52. The van der Waals surface area contributed by atoms with Gasteiger partial charge in [-0.3, -0.25) is 9.59 Å². The third-order valence-corrected chi connectivity index (χ3v) is 3.67. The molecule has 5 heteroatoms. The number of carboxylic acids is 1. The van der Waals surface area contributed by atoms with Crippen molar-refractivity contribution < 1.29 is 14.7 Å². The Morgan fingerprint density at radius 2 is 1.94 bits per heavy atom. The van der Waals surface area contributed by atoms with Crippen LogP contribution in [0.2, 0.25) is 0 Å². The molecule has 0 spiro atoms. The Morgan fingerprint density at radius 1 is 1.35 bits per heavy atom. The average molecular weight is 242 g/mol. The van der Waals surface area contributed by atoms with Gasteiger partial charge < -0.3 is 15.7 Å². The van der Waals surface area contributed by atoms with E-state index in [1.807, 2.05) is 6.92 Å². The molecule has 1 saturated heterocycles. The van der Waals surface area contributed by atoms with Crippen molar-refractivity contribution in [2.24, 2.45) is 11.1 Å². The molecule has 0 aliphatic carbocycles. The first-order chi connectivity index (χ1) is 8.00. The van der Waals surface area contributed by atoms with Crippen LogP contribution < -0.4 is 5.73 Å². The average Bonchev–Trinajstić information content (AvgIpc) is 2.28. The summed E-state index contributed by atoms with van der Waals surface area (Å²) in [5.41, 5.74) is 4.56. The molecule has 17 heavy (non-hydrogen) atoms. The lowest BCUT2D eigenvalue weighted by atomic mass is 9.75. The van der Waals surface area contributed by atoms with E-state index >= 15 is 0 Å². The molecule has 1 heterocycles. The number of hydrogen-bond donors (Lipinski definition) is 2. The summed E-state index contributed by atoms with van der Waals surface area (Å²) in [5.74, 6) is -0.970. The molecule has 0 bridgehead atoms. The van der Waals surface area contributed by atoms with Crippen molar-refractivity contribution in [1.29, 1.82) is 0 Å². The van der Waals surface area contributed by atoms with Crippen LogP contribution in [0.1, 0.15) is 39.0 Å². The summed E-state index contributed by atoms with van der Waals surface area (Å²) in [7, 11) is 0. The van der Waals surface area contributed by atoms with Crippen molar-refractivity contribution in [3.63, 3.8) is 0 Å². The van der Waals surface area contributed by atoms with Gasteiger partial charge in [0.15, 0.2) is 0 Å². The minimum Gasteiger partial charge on any atom is -0.481 e. The molecule has 0 aromatic carbocycles. The third-order valence-electron chi connectivity index (χ3n) is 3.67. The Bertz CT molecular complexity index is 283. The number of rotatable bonds is 6. The van der Waals surface area contributed by atoms with E-state index in [0.717, 1.165) is 25.9 Å². The van der Waals surface area contributed by atoms with Crippen molar-refractivity contribution in [2.75, 3.05) is 19.6 Å². The summed E-state index contributed by atoms with van der Waals surface area (Å²) in [5, 5.41) is 9.33. The van der Waals surface area contributed by atoms with E-state index in [4.69, 9.17) is 5.73 Å². The summed E-state index contributed by atoms with van der Waals surface area (Å²) in [4.78, 5) is 24.2. The van der Waals surface area contributed by atoms with E-state index in [1.54, 1.807) is 0 Å². The monoisotopic (exact) mass is 242 g/mol. The number of hydrogen-bond acceptors (Lipinski definition) is 3. The number of piperidine rings is 1. The second-order valence-corrected chi connectivity index (χ2v) is 4.89. The Labute approximate surface area is 102 Å². The molecule has 5 nitrogen and oxygen atoms in total. The predicted molar refractivity (Wildman–Crippen MR) is 64.5 cm³/mol. The molecule has 1 rings (SSSR count). The predicted octanol–water partition coefficient (Wildman–Crippen LogP) is 0.829. The fourth-order valence-electron chi connectivity index (χ4n) is 2.52. The zero-order chi connectivity index (χ0) is 12.9. The quantitative estimate of drug-likeness (QED) is 0.722.